The van der Waals surface area contributed by atoms with E-state index in [1.165, 1.54) is 24.3 Å². The molecule has 4 heteroatoms. The van der Waals surface area contributed by atoms with Crippen LogP contribution in [0.15, 0.2) is 48.5 Å². The number of carbonyl (C=O) groups excluding carboxylic acids is 1. The molecular formula is C14H9Cl2FO. The van der Waals surface area contributed by atoms with E-state index in [0.717, 1.165) is 0 Å². The zero-order valence-corrected chi connectivity index (χ0v) is 10.8. The van der Waals surface area contributed by atoms with E-state index < -0.39 is 5.38 Å². The number of hydrogen-bond acceptors (Lipinski definition) is 1. The van der Waals surface area contributed by atoms with Crippen molar-refractivity contribution < 1.29 is 9.18 Å². The summed E-state index contributed by atoms with van der Waals surface area (Å²) in [4.78, 5) is 12.1. The number of alkyl halides is 1. The number of halogens is 3. The van der Waals surface area contributed by atoms with E-state index in [-0.39, 0.29) is 11.6 Å². The van der Waals surface area contributed by atoms with Crippen molar-refractivity contribution in [2.24, 2.45) is 0 Å². The first kappa shape index (κ1) is 13.1. The van der Waals surface area contributed by atoms with Gasteiger partial charge in [0.15, 0.2) is 5.78 Å². The average Bonchev–Trinajstić information content (AvgIpc) is 2.39. The van der Waals surface area contributed by atoms with Crippen molar-refractivity contribution in [3.8, 4) is 0 Å². The Balaban J connectivity index is 2.23. The first-order valence-electron chi connectivity index (χ1n) is 5.27. The molecule has 0 saturated heterocycles. The summed E-state index contributed by atoms with van der Waals surface area (Å²) < 4.78 is 12.8. The second kappa shape index (κ2) is 5.51. The highest BCUT2D eigenvalue weighted by Crippen LogP contribution is 2.25. The summed E-state index contributed by atoms with van der Waals surface area (Å²) in [7, 11) is 0. The average molecular weight is 283 g/mol. The molecule has 1 atom stereocenters. The third-order valence-corrected chi connectivity index (χ3v) is 3.22. The lowest BCUT2D eigenvalue weighted by Crippen LogP contribution is -2.07. The van der Waals surface area contributed by atoms with Gasteiger partial charge in [-0.2, -0.15) is 0 Å². The highest BCUT2D eigenvalue weighted by atomic mass is 35.5. The number of rotatable bonds is 3. The van der Waals surface area contributed by atoms with Crippen LogP contribution in [0.3, 0.4) is 0 Å². The number of ketones is 1. The molecule has 0 N–H and O–H groups in total. The van der Waals surface area contributed by atoms with Gasteiger partial charge >= 0.3 is 0 Å². The van der Waals surface area contributed by atoms with Crippen LogP contribution >= 0.6 is 23.2 Å². The van der Waals surface area contributed by atoms with Crippen LogP contribution < -0.4 is 0 Å². The fourth-order valence-corrected chi connectivity index (χ4v) is 1.94. The molecule has 92 valence electrons. The molecule has 0 heterocycles. The lowest BCUT2D eigenvalue weighted by atomic mass is 10.0. The fraction of sp³-hybridized carbons (Fsp3) is 0.0714. The number of hydrogen-bond donors (Lipinski definition) is 0. The van der Waals surface area contributed by atoms with Gasteiger partial charge in [-0.15, -0.1) is 11.6 Å². The van der Waals surface area contributed by atoms with Crippen LogP contribution in [0.1, 0.15) is 21.3 Å². The minimum atomic E-state index is -0.827. The molecule has 0 saturated carbocycles. The van der Waals surface area contributed by atoms with Gasteiger partial charge in [-0.25, -0.2) is 4.39 Å². The molecule has 0 aliphatic heterocycles. The minimum absolute atomic E-state index is 0.236. The van der Waals surface area contributed by atoms with E-state index >= 15 is 0 Å². The van der Waals surface area contributed by atoms with Crippen LogP contribution in [-0.2, 0) is 0 Å². The first-order chi connectivity index (χ1) is 8.58. The van der Waals surface area contributed by atoms with Gasteiger partial charge in [0, 0.05) is 10.6 Å². The Hall–Kier alpha value is -1.38. The van der Waals surface area contributed by atoms with Gasteiger partial charge in [-0.05, 0) is 42.0 Å². The minimum Gasteiger partial charge on any atom is -0.292 e. The fourth-order valence-electron chi connectivity index (χ4n) is 1.54. The molecule has 1 nitrogen and oxygen atoms in total. The maximum absolute atomic E-state index is 12.8. The van der Waals surface area contributed by atoms with Crippen LogP contribution in [0.4, 0.5) is 4.39 Å². The van der Waals surface area contributed by atoms with Crippen molar-refractivity contribution in [2.75, 3.05) is 0 Å². The largest absolute Gasteiger partial charge is 0.292 e. The van der Waals surface area contributed by atoms with Gasteiger partial charge < -0.3 is 0 Å². The molecule has 0 bridgehead atoms. The zero-order chi connectivity index (χ0) is 13.1. The molecule has 0 aliphatic carbocycles. The molecule has 0 aromatic heterocycles. The third-order valence-electron chi connectivity index (χ3n) is 2.52. The van der Waals surface area contributed by atoms with Gasteiger partial charge in [0.2, 0.25) is 0 Å². The quantitative estimate of drug-likeness (QED) is 0.592. The van der Waals surface area contributed by atoms with E-state index in [2.05, 4.69) is 0 Å². The molecular weight excluding hydrogens is 274 g/mol. The van der Waals surface area contributed by atoms with Gasteiger partial charge in [0.1, 0.15) is 11.2 Å². The second-order valence-corrected chi connectivity index (χ2v) is 4.66. The molecule has 1 unspecified atom stereocenters. The van der Waals surface area contributed by atoms with Crippen LogP contribution in [0.25, 0.3) is 0 Å². The Morgan fingerprint density at radius 2 is 1.56 bits per heavy atom. The van der Waals surface area contributed by atoms with Crippen molar-refractivity contribution in [3.05, 3.63) is 70.5 Å². The van der Waals surface area contributed by atoms with Crippen molar-refractivity contribution >= 4 is 29.0 Å². The SMILES string of the molecule is O=C(c1ccc(Cl)cc1)C(Cl)c1ccc(F)cc1. The lowest BCUT2D eigenvalue weighted by molar-refractivity contribution is 0.0987. The molecule has 2 rings (SSSR count). The normalized spacial score (nSPS) is 12.2. The maximum Gasteiger partial charge on any atom is 0.185 e. The lowest BCUT2D eigenvalue weighted by Gasteiger charge is -2.09. The molecule has 18 heavy (non-hydrogen) atoms. The Bertz CT molecular complexity index is 549. The standard InChI is InChI=1S/C14H9Cl2FO/c15-11-5-1-10(2-6-11)14(18)13(16)9-3-7-12(17)8-4-9/h1-8,13H. The summed E-state index contributed by atoms with van der Waals surface area (Å²) >= 11 is 11.8. The van der Waals surface area contributed by atoms with Gasteiger partial charge in [-0.3, -0.25) is 4.79 Å². The van der Waals surface area contributed by atoms with E-state index in [1.807, 2.05) is 0 Å². The summed E-state index contributed by atoms with van der Waals surface area (Å²) in [6.07, 6.45) is 0. The number of benzene rings is 2. The Morgan fingerprint density at radius 1 is 1.00 bits per heavy atom. The van der Waals surface area contributed by atoms with Crippen molar-refractivity contribution in [1.29, 1.82) is 0 Å². The van der Waals surface area contributed by atoms with Gasteiger partial charge in [0.25, 0.3) is 0 Å². The topological polar surface area (TPSA) is 17.1 Å². The Morgan fingerprint density at radius 3 is 2.11 bits per heavy atom. The van der Waals surface area contributed by atoms with Crippen molar-refractivity contribution in [1.82, 2.24) is 0 Å². The monoisotopic (exact) mass is 282 g/mol. The summed E-state index contributed by atoms with van der Waals surface area (Å²) in [5.41, 5.74) is 1.04. The summed E-state index contributed by atoms with van der Waals surface area (Å²) in [5.74, 6) is -0.596. The molecule has 2 aromatic carbocycles. The summed E-state index contributed by atoms with van der Waals surface area (Å²) in [5, 5.41) is -0.272. The van der Waals surface area contributed by atoms with E-state index in [9.17, 15) is 9.18 Å². The van der Waals surface area contributed by atoms with Crippen LogP contribution in [0.5, 0.6) is 0 Å². The summed E-state index contributed by atoms with van der Waals surface area (Å²) in [6, 6.07) is 12.0. The second-order valence-electron chi connectivity index (χ2n) is 3.79. The van der Waals surface area contributed by atoms with Gasteiger partial charge in [-0.1, -0.05) is 23.7 Å². The number of carbonyl (C=O) groups is 1. The molecule has 0 aliphatic rings. The highest BCUT2D eigenvalue weighted by molar-refractivity contribution is 6.34. The van der Waals surface area contributed by atoms with Crippen LogP contribution in [0, 0.1) is 5.82 Å². The predicted molar refractivity (Wildman–Crippen MR) is 70.8 cm³/mol. The van der Waals surface area contributed by atoms with Crippen LogP contribution in [-0.4, -0.2) is 5.78 Å². The van der Waals surface area contributed by atoms with Gasteiger partial charge in [0.05, 0.1) is 0 Å². The molecule has 2 aromatic rings. The summed E-state index contributed by atoms with van der Waals surface area (Å²) in [6.45, 7) is 0. The molecule has 0 radical (unpaired) electrons. The predicted octanol–water partition coefficient (Wildman–Crippen LogP) is 4.64. The molecule has 0 spiro atoms. The van der Waals surface area contributed by atoms with E-state index in [0.29, 0.717) is 16.1 Å². The zero-order valence-electron chi connectivity index (χ0n) is 9.24. The third kappa shape index (κ3) is 2.89. The van der Waals surface area contributed by atoms with Crippen LogP contribution in [0.2, 0.25) is 5.02 Å². The smallest absolute Gasteiger partial charge is 0.185 e. The Labute approximate surface area is 114 Å². The number of Topliss-reactive ketones (excluding diaryl/α,β-unsaturated/α-hetero) is 1. The van der Waals surface area contributed by atoms with Crippen molar-refractivity contribution in [3.63, 3.8) is 0 Å². The Kier molecular flexibility index (Phi) is 4.00. The molecule has 0 amide bonds. The first-order valence-corrected chi connectivity index (χ1v) is 6.08. The maximum atomic E-state index is 12.8. The van der Waals surface area contributed by atoms with Crippen molar-refractivity contribution in [2.45, 2.75) is 5.38 Å². The van der Waals surface area contributed by atoms with E-state index in [4.69, 9.17) is 23.2 Å². The highest BCUT2D eigenvalue weighted by Gasteiger charge is 2.19. The van der Waals surface area contributed by atoms with E-state index in [1.54, 1.807) is 24.3 Å². The molecule has 0 fully saturated rings.